The van der Waals surface area contributed by atoms with Gasteiger partial charge in [-0.05, 0) is 49.6 Å². The molecule has 2 aliphatic heterocycles. The second-order valence-electron chi connectivity index (χ2n) is 8.57. The Morgan fingerprint density at radius 2 is 2.06 bits per heavy atom. The zero-order valence-electron chi connectivity index (χ0n) is 19.4. The van der Waals surface area contributed by atoms with Crippen LogP contribution in [-0.2, 0) is 39.4 Å². The fourth-order valence-electron chi connectivity index (χ4n) is 4.86. The number of aryl methyl sites for hydroxylation is 1. The van der Waals surface area contributed by atoms with Crippen LogP contribution in [0.4, 0.5) is 4.79 Å². The average Bonchev–Trinajstić information content (AvgIpc) is 3.18. The predicted molar refractivity (Wildman–Crippen MR) is 126 cm³/mol. The highest BCUT2D eigenvalue weighted by atomic mass is 35.5. The lowest BCUT2D eigenvalue weighted by Gasteiger charge is -2.31. The molecule has 2 unspecified atom stereocenters. The lowest BCUT2D eigenvalue weighted by atomic mass is 9.86. The summed E-state index contributed by atoms with van der Waals surface area (Å²) in [5.41, 5.74) is 1.15. The molecule has 1 N–H and O–H groups in total. The molecular formula is C25H23ClN2O7. The first kappa shape index (κ1) is 23.3. The van der Waals surface area contributed by atoms with Crippen molar-refractivity contribution in [2.45, 2.75) is 57.9 Å². The third kappa shape index (κ3) is 3.57. The van der Waals surface area contributed by atoms with Crippen molar-refractivity contribution in [3.05, 3.63) is 56.9 Å². The first-order chi connectivity index (χ1) is 16.7. The highest BCUT2D eigenvalue weighted by molar-refractivity contribution is 6.19. The monoisotopic (exact) mass is 498 g/mol. The molecule has 0 radical (unpaired) electrons. The number of benzene rings is 1. The molecule has 0 aliphatic carbocycles. The minimum atomic E-state index is -1.88. The van der Waals surface area contributed by atoms with Crippen LogP contribution in [0.25, 0.3) is 22.3 Å². The van der Waals surface area contributed by atoms with Gasteiger partial charge in [0.15, 0.2) is 11.2 Å². The van der Waals surface area contributed by atoms with E-state index in [2.05, 4.69) is 0 Å². The van der Waals surface area contributed by atoms with Gasteiger partial charge in [-0.1, -0.05) is 25.4 Å². The van der Waals surface area contributed by atoms with Crippen molar-refractivity contribution in [2.75, 3.05) is 0 Å². The number of pyridine rings is 2. The topological polar surface area (TPSA) is 117 Å². The number of cyclic esters (lactones) is 1. The second kappa shape index (κ2) is 8.35. The van der Waals surface area contributed by atoms with Crippen LogP contribution in [-0.4, -0.2) is 32.3 Å². The summed E-state index contributed by atoms with van der Waals surface area (Å²) in [4.78, 5) is 42.4. The van der Waals surface area contributed by atoms with Gasteiger partial charge in [-0.15, -0.1) is 0 Å². The number of esters is 1. The van der Waals surface area contributed by atoms with Crippen LogP contribution in [0.5, 0.6) is 5.75 Å². The summed E-state index contributed by atoms with van der Waals surface area (Å²) in [6, 6.07) is 6.72. The van der Waals surface area contributed by atoms with Crippen molar-refractivity contribution in [1.82, 2.24) is 9.55 Å². The van der Waals surface area contributed by atoms with Gasteiger partial charge in [-0.2, -0.15) is 0 Å². The van der Waals surface area contributed by atoms with E-state index in [0.717, 1.165) is 16.5 Å². The number of aromatic nitrogens is 2. The fourth-order valence-corrected chi connectivity index (χ4v) is 4.93. The van der Waals surface area contributed by atoms with Crippen LogP contribution in [0.1, 0.15) is 49.4 Å². The summed E-state index contributed by atoms with van der Waals surface area (Å²) in [7, 11) is 0. The summed E-state index contributed by atoms with van der Waals surface area (Å²) in [5.74, 6) is -0.478. The number of hydrogen-bond acceptors (Lipinski definition) is 8. The molecule has 0 fully saturated rings. The highest BCUT2D eigenvalue weighted by Crippen LogP contribution is 2.40. The SMILES string of the molecule is CCc1c2c(nc3ccc(OC(=O)OC(C)Cl)cc13)-c1cc3c(c(=O)n1C2)COC(=O)C3(O)CC. The Morgan fingerprint density at radius 1 is 1.29 bits per heavy atom. The molecule has 3 aromatic rings. The number of alkyl halides is 1. The van der Waals surface area contributed by atoms with Crippen molar-refractivity contribution < 1.29 is 28.9 Å². The number of carbonyl (C=O) groups excluding carboxylic acids is 2. The van der Waals surface area contributed by atoms with Gasteiger partial charge in [0.1, 0.15) is 12.4 Å². The van der Waals surface area contributed by atoms with Crippen LogP contribution in [0.3, 0.4) is 0 Å². The van der Waals surface area contributed by atoms with Crippen molar-refractivity contribution in [1.29, 1.82) is 0 Å². The molecule has 2 aliphatic rings. The number of carbonyl (C=O) groups is 2. The molecule has 182 valence electrons. The molecule has 0 amide bonds. The lowest BCUT2D eigenvalue weighted by molar-refractivity contribution is -0.172. The van der Waals surface area contributed by atoms with Crippen LogP contribution >= 0.6 is 11.6 Å². The maximum absolute atomic E-state index is 13.4. The van der Waals surface area contributed by atoms with Crippen molar-refractivity contribution in [2.24, 2.45) is 0 Å². The molecule has 2 atom stereocenters. The molecule has 9 nitrogen and oxygen atoms in total. The number of fused-ring (bicyclic) bond motifs is 5. The molecule has 2 aromatic heterocycles. The first-order valence-corrected chi connectivity index (χ1v) is 11.8. The van der Waals surface area contributed by atoms with E-state index < -0.39 is 23.3 Å². The minimum Gasteiger partial charge on any atom is -0.458 e. The second-order valence-corrected chi connectivity index (χ2v) is 9.18. The standard InChI is InChI=1S/C25H23ClN2O7/c1-4-14-15-8-13(35-24(31)34-12(3)26)6-7-19(15)27-21-16(14)10-28-20(21)9-18-17(22(28)29)11-33-23(30)25(18,32)5-2/h6-9,12,32H,4-5,10-11H2,1-3H3. The Balaban J connectivity index is 1.66. The van der Waals surface area contributed by atoms with E-state index in [-0.39, 0.29) is 42.0 Å². The lowest BCUT2D eigenvalue weighted by Crippen LogP contribution is -2.44. The van der Waals surface area contributed by atoms with E-state index in [1.807, 2.05) is 6.92 Å². The molecule has 1 aromatic carbocycles. The Morgan fingerprint density at radius 3 is 2.74 bits per heavy atom. The minimum absolute atomic E-state index is 0.0770. The molecule has 4 heterocycles. The third-order valence-corrected chi connectivity index (χ3v) is 6.68. The third-order valence-electron chi connectivity index (χ3n) is 6.59. The van der Waals surface area contributed by atoms with Crippen LogP contribution in [0.2, 0.25) is 0 Å². The van der Waals surface area contributed by atoms with Crippen molar-refractivity contribution in [3.63, 3.8) is 0 Å². The Labute approximate surface area is 205 Å². The van der Waals surface area contributed by atoms with Crippen molar-refractivity contribution in [3.8, 4) is 17.1 Å². The number of hydrogen-bond donors (Lipinski definition) is 1. The maximum Gasteiger partial charge on any atom is 0.515 e. The molecule has 35 heavy (non-hydrogen) atoms. The van der Waals surface area contributed by atoms with Gasteiger partial charge < -0.3 is 23.9 Å². The Hall–Kier alpha value is -3.43. The van der Waals surface area contributed by atoms with Crippen LogP contribution < -0.4 is 10.3 Å². The van der Waals surface area contributed by atoms with Gasteiger partial charge in [0.2, 0.25) is 0 Å². The average molecular weight is 499 g/mol. The molecule has 0 bridgehead atoms. The molecule has 10 heteroatoms. The highest BCUT2D eigenvalue weighted by Gasteiger charge is 2.45. The Bertz CT molecular complexity index is 1460. The normalized spacial score (nSPS) is 18.9. The maximum atomic E-state index is 13.4. The summed E-state index contributed by atoms with van der Waals surface area (Å²) in [6.45, 7) is 5.27. The van der Waals surface area contributed by atoms with Gasteiger partial charge in [0.05, 0.1) is 29.0 Å². The van der Waals surface area contributed by atoms with E-state index in [1.165, 1.54) is 6.92 Å². The fraction of sp³-hybridized carbons (Fsp3) is 0.360. The number of rotatable bonds is 4. The van der Waals surface area contributed by atoms with Crippen LogP contribution in [0.15, 0.2) is 29.1 Å². The number of nitrogens with zero attached hydrogens (tertiary/aromatic N) is 2. The molecule has 5 rings (SSSR count). The number of halogens is 1. The van der Waals surface area contributed by atoms with Gasteiger partial charge in [0, 0.05) is 16.5 Å². The molecular weight excluding hydrogens is 476 g/mol. The Kier molecular flexibility index (Phi) is 5.56. The van der Waals surface area contributed by atoms with Crippen LogP contribution in [0, 0.1) is 0 Å². The summed E-state index contributed by atoms with van der Waals surface area (Å²) >= 11 is 5.68. The molecule has 0 saturated heterocycles. The van der Waals surface area contributed by atoms with Gasteiger partial charge in [-0.3, -0.25) is 4.79 Å². The summed E-state index contributed by atoms with van der Waals surface area (Å²) < 4.78 is 16.8. The van der Waals surface area contributed by atoms with E-state index >= 15 is 0 Å². The van der Waals surface area contributed by atoms with E-state index in [0.29, 0.717) is 23.3 Å². The largest absolute Gasteiger partial charge is 0.515 e. The zero-order valence-corrected chi connectivity index (χ0v) is 20.1. The van der Waals surface area contributed by atoms with Gasteiger partial charge >= 0.3 is 12.1 Å². The van der Waals surface area contributed by atoms with E-state index in [1.54, 1.807) is 35.8 Å². The van der Waals surface area contributed by atoms with Crippen molar-refractivity contribution >= 4 is 34.6 Å². The number of ether oxygens (including phenoxy) is 3. The van der Waals surface area contributed by atoms with Gasteiger partial charge in [0.25, 0.3) is 5.56 Å². The molecule has 0 spiro atoms. The van der Waals surface area contributed by atoms with Gasteiger partial charge in [-0.25, -0.2) is 14.6 Å². The summed E-state index contributed by atoms with van der Waals surface area (Å²) in [6.07, 6.45) is -0.200. The smallest absolute Gasteiger partial charge is 0.458 e. The summed E-state index contributed by atoms with van der Waals surface area (Å²) in [5, 5.41) is 11.8. The van der Waals surface area contributed by atoms with E-state index in [9.17, 15) is 19.5 Å². The number of aliphatic hydroxyl groups is 1. The molecule has 0 saturated carbocycles. The zero-order chi connectivity index (χ0) is 25.1. The first-order valence-electron chi connectivity index (χ1n) is 11.3. The predicted octanol–water partition coefficient (Wildman–Crippen LogP) is 3.74. The van der Waals surface area contributed by atoms with E-state index in [4.69, 9.17) is 30.8 Å². The quantitative estimate of drug-likeness (QED) is 0.257.